The lowest BCUT2D eigenvalue weighted by atomic mass is 9.63. The summed E-state index contributed by atoms with van der Waals surface area (Å²) in [6.45, 7) is 2.73. The van der Waals surface area contributed by atoms with Crippen molar-refractivity contribution >= 4 is 39.1 Å². The number of hydrogen-bond acceptors (Lipinski definition) is 10. The molecule has 208 valence electrons. The highest BCUT2D eigenvalue weighted by atomic mass is 32.2. The van der Waals surface area contributed by atoms with Crippen molar-refractivity contribution in [3.8, 4) is 17.6 Å². The topological polar surface area (TPSA) is 123 Å². The number of aromatic nitrogens is 5. The number of likely N-dealkylation sites (N-methyl/N-ethyl adjacent to an activating group) is 1. The van der Waals surface area contributed by atoms with Gasteiger partial charge in [0.1, 0.15) is 22.3 Å². The van der Waals surface area contributed by atoms with Crippen LogP contribution in [0.1, 0.15) is 72.4 Å². The second kappa shape index (κ2) is 9.53. The molecule has 1 aliphatic heterocycles. The number of fused-ring (bicyclic) bond motifs is 5. The summed E-state index contributed by atoms with van der Waals surface area (Å²) >= 11 is 3.06. The number of nitrogen functional groups attached to an aromatic ring is 1. The smallest absolute Gasteiger partial charge is 0.185 e. The lowest BCUT2D eigenvalue weighted by Crippen LogP contribution is -2.38. The van der Waals surface area contributed by atoms with Crippen molar-refractivity contribution in [2.45, 2.75) is 80.6 Å². The average Bonchev–Trinajstić information content (AvgIpc) is 3.72. The zero-order valence-corrected chi connectivity index (χ0v) is 24.4. The number of nitrogens with two attached hydrogens (primary N) is 1. The highest BCUT2D eigenvalue weighted by Gasteiger charge is 2.49. The van der Waals surface area contributed by atoms with Crippen LogP contribution in [-0.2, 0) is 18.3 Å². The van der Waals surface area contributed by atoms with Crippen molar-refractivity contribution in [1.29, 1.82) is 5.26 Å². The third-order valence-corrected chi connectivity index (χ3v) is 11.0. The lowest BCUT2D eigenvalue weighted by molar-refractivity contribution is 0.163. The molecular weight excluding hydrogens is 547 g/mol. The number of nitriles is 1. The molecule has 40 heavy (non-hydrogen) atoms. The van der Waals surface area contributed by atoms with E-state index in [0.29, 0.717) is 34.2 Å². The van der Waals surface area contributed by atoms with Crippen LogP contribution in [0.4, 0.5) is 9.39 Å². The van der Waals surface area contributed by atoms with Crippen LogP contribution in [-0.4, -0.2) is 61.9 Å². The summed E-state index contributed by atoms with van der Waals surface area (Å²) in [5.74, 6) is 1.32. The van der Waals surface area contributed by atoms with E-state index in [-0.39, 0.29) is 12.1 Å². The third-order valence-electron chi connectivity index (χ3n) is 9.20. The number of likely N-dealkylation sites (tertiary alicyclic amines) is 1. The molecule has 7 rings (SSSR count). The molecule has 9 nitrogen and oxygen atoms in total. The molecule has 0 amide bonds. The van der Waals surface area contributed by atoms with Crippen molar-refractivity contribution in [2.24, 2.45) is 0 Å². The molecule has 0 aromatic carbocycles. The van der Waals surface area contributed by atoms with E-state index in [1.54, 1.807) is 6.20 Å². The molecule has 0 saturated carbocycles. The van der Waals surface area contributed by atoms with E-state index in [9.17, 15) is 9.65 Å². The van der Waals surface area contributed by atoms with Gasteiger partial charge >= 0.3 is 0 Å². The fourth-order valence-corrected chi connectivity index (χ4v) is 9.12. The molecule has 1 spiro atoms. The Bertz CT molecular complexity index is 1660. The molecule has 1 fully saturated rings. The zero-order chi connectivity index (χ0) is 27.8. The largest absolute Gasteiger partial charge is 0.389 e. The SMILES string of the molecule is CSc1nc(-c2noc3c2CCC[C@@]32CCCc3sc(N)c(C#N)c32)nc2c1cnn2C(C)[C@@H]1[C@@H](F)CCN1C. The number of hydrogen-bond donors (Lipinski definition) is 1. The summed E-state index contributed by atoms with van der Waals surface area (Å²) in [5.41, 5.74) is 9.86. The molecule has 4 atom stereocenters. The Morgan fingerprint density at radius 3 is 2.83 bits per heavy atom. The monoisotopic (exact) mass is 578 g/mol. The minimum absolute atomic E-state index is 0.207. The van der Waals surface area contributed by atoms with Crippen LogP contribution in [0.3, 0.4) is 0 Å². The first-order valence-electron chi connectivity index (χ1n) is 13.8. The van der Waals surface area contributed by atoms with Gasteiger partial charge in [-0.05, 0) is 70.7 Å². The molecule has 0 bridgehead atoms. The van der Waals surface area contributed by atoms with Crippen LogP contribution in [0.25, 0.3) is 22.6 Å². The maximum atomic E-state index is 14.9. The van der Waals surface area contributed by atoms with E-state index in [1.165, 1.54) is 28.0 Å². The van der Waals surface area contributed by atoms with Gasteiger partial charge < -0.3 is 10.3 Å². The van der Waals surface area contributed by atoms with Crippen molar-refractivity contribution < 1.29 is 8.91 Å². The fraction of sp³-hybridized carbons (Fsp3) is 0.536. The predicted octanol–water partition coefficient (Wildman–Crippen LogP) is 5.28. The maximum Gasteiger partial charge on any atom is 0.185 e. The van der Waals surface area contributed by atoms with Crippen molar-refractivity contribution in [3.05, 3.63) is 33.5 Å². The first kappa shape index (κ1) is 25.9. The van der Waals surface area contributed by atoms with E-state index in [4.69, 9.17) is 20.2 Å². The molecule has 1 saturated heterocycles. The summed E-state index contributed by atoms with van der Waals surface area (Å²) in [5, 5.41) is 21.5. The van der Waals surface area contributed by atoms with Crippen molar-refractivity contribution in [1.82, 2.24) is 29.8 Å². The second-order valence-electron chi connectivity index (χ2n) is 11.3. The van der Waals surface area contributed by atoms with Gasteiger partial charge in [-0.2, -0.15) is 10.4 Å². The van der Waals surface area contributed by atoms with E-state index in [1.807, 2.05) is 24.9 Å². The highest BCUT2D eigenvalue weighted by molar-refractivity contribution is 7.98. The van der Waals surface area contributed by atoms with Crippen LogP contribution in [0.5, 0.6) is 0 Å². The number of nitrogens with zero attached hydrogens (tertiary/aromatic N) is 7. The Morgan fingerprint density at radius 1 is 1.30 bits per heavy atom. The first-order valence-corrected chi connectivity index (χ1v) is 15.9. The zero-order valence-electron chi connectivity index (χ0n) is 22.8. The Hall–Kier alpha value is -3.01. The van der Waals surface area contributed by atoms with Gasteiger partial charge in [0.2, 0.25) is 0 Å². The minimum atomic E-state index is -0.913. The number of anilines is 1. The van der Waals surface area contributed by atoms with Gasteiger partial charge in [-0.25, -0.2) is 19.0 Å². The van der Waals surface area contributed by atoms with E-state index >= 15 is 0 Å². The van der Waals surface area contributed by atoms with Crippen LogP contribution in [0, 0.1) is 11.3 Å². The summed E-state index contributed by atoms with van der Waals surface area (Å²) in [6.07, 6.45) is 8.85. The molecule has 2 aliphatic carbocycles. The van der Waals surface area contributed by atoms with Gasteiger partial charge in [0.25, 0.3) is 0 Å². The van der Waals surface area contributed by atoms with E-state index in [2.05, 4.69) is 21.2 Å². The van der Waals surface area contributed by atoms with Gasteiger partial charge in [-0.3, -0.25) is 4.90 Å². The van der Waals surface area contributed by atoms with Crippen LogP contribution in [0.15, 0.2) is 15.7 Å². The van der Waals surface area contributed by atoms with Gasteiger partial charge in [-0.1, -0.05) is 5.16 Å². The standard InChI is InChI=1S/C28H31FN8OS2/c1-14(22-18(29)8-11-36(22)2)37-26-17(13-32-37)27(39-3)34-25(33-26)21-15-6-4-9-28(23(15)38-35-21)10-5-7-19-20(28)16(12-30)24(31)40-19/h13-14,18,22H,4-11,31H2,1-3H3/t14?,18-,22+,28-/m0/s1. The fourth-order valence-electron chi connectivity index (χ4n) is 7.41. The number of halogens is 1. The Morgan fingerprint density at radius 2 is 2.10 bits per heavy atom. The van der Waals surface area contributed by atoms with Crippen molar-refractivity contribution in [3.63, 3.8) is 0 Å². The van der Waals surface area contributed by atoms with Crippen molar-refractivity contribution in [2.75, 3.05) is 25.6 Å². The quantitative estimate of drug-likeness (QED) is 0.254. The molecule has 12 heteroatoms. The van der Waals surface area contributed by atoms with Gasteiger partial charge in [0.05, 0.1) is 34.6 Å². The van der Waals surface area contributed by atoms with Gasteiger partial charge in [-0.15, -0.1) is 23.1 Å². The minimum Gasteiger partial charge on any atom is -0.389 e. The van der Waals surface area contributed by atoms with E-state index in [0.717, 1.165) is 72.4 Å². The molecule has 0 radical (unpaired) electrons. The maximum absolute atomic E-state index is 14.9. The van der Waals surface area contributed by atoms with Crippen LogP contribution in [0.2, 0.25) is 0 Å². The highest BCUT2D eigenvalue weighted by Crippen LogP contribution is 2.55. The number of aryl methyl sites for hydroxylation is 1. The van der Waals surface area contributed by atoms with Gasteiger partial charge in [0, 0.05) is 17.0 Å². The Balaban J connectivity index is 1.37. The number of rotatable bonds is 4. The summed E-state index contributed by atoms with van der Waals surface area (Å²) < 4.78 is 22.9. The number of thioether (sulfide) groups is 1. The summed E-state index contributed by atoms with van der Waals surface area (Å²) in [4.78, 5) is 13.2. The summed E-state index contributed by atoms with van der Waals surface area (Å²) in [6, 6.07) is 1.90. The summed E-state index contributed by atoms with van der Waals surface area (Å²) in [7, 11) is 1.97. The number of alkyl halides is 1. The Labute approximate surface area is 239 Å². The molecule has 1 unspecified atom stereocenters. The average molecular weight is 579 g/mol. The third kappa shape index (κ3) is 3.60. The molecule has 4 aromatic heterocycles. The van der Waals surface area contributed by atoms with Crippen LogP contribution >= 0.6 is 23.1 Å². The van der Waals surface area contributed by atoms with Crippen LogP contribution < -0.4 is 5.73 Å². The predicted molar refractivity (Wildman–Crippen MR) is 153 cm³/mol. The molecule has 4 aromatic rings. The Kier molecular flexibility index (Phi) is 6.18. The molecular formula is C28H31FN8OS2. The number of thiophene rings is 1. The van der Waals surface area contributed by atoms with E-state index < -0.39 is 11.6 Å². The molecule has 2 N–H and O–H groups in total. The normalized spacial score (nSPS) is 25.3. The second-order valence-corrected chi connectivity index (χ2v) is 13.2. The molecule has 3 aliphatic rings. The molecule has 5 heterocycles. The first-order chi connectivity index (χ1) is 19.4. The lowest BCUT2D eigenvalue weighted by Gasteiger charge is -2.39. The van der Waals surface area contributed by atoms with Gasteiger partial charge in [0.15, 0.2) is 22.9 Å².